The van der Waals surface area contributed by atoms with Crippen molar-refractivity contribution in [2.45, 2.75) is 40.0 Å². The molecule has 1 N–H and O–H groups in total. The molecule has 0 radical (unpaired) electrons. The Morgan fingerprint density at radius 2 is 1.86 bits per heavy atom. The van der Waals surface area contributed by atoms with Crippen LogP contribution in [0.15, 0.2) is 69.8 Å². The number of carbonyl (C=O) groups excluding carboxylic acids is 1. The number of carbonyl (C=O) groups is 1. The van der Waals surface area contributed by atoms with Crippen LogP contribution in [0.25, 0.3) is 11.8 Å². The van der Waals surface area contributed by atoms with Gasteiger partial charge in [-0.2, -0.15) is 0 Å². The Kier molecular flexibility index (Phi) is 8.74. The number of aryl methyl sites for hydroxylation is 1. The number of piperidine rings is 1. The summed E-state index contributed by atoms with van der Waals surface area (Å²) in [6.45, 7) is 7.31. The van der Waals surface area contributed by atoms with E-state index in [1.165, 1.54) is 11.8 Å². The number of hydrogen-bond donors (Lipinski definition) is 1. The number of halogens is 1. The molecule has 0 saturated carbocycles. The molecule has 2 aromatic carbocycles. The zero-order chi connectivity index (χ0) is 30.0. The van der Waals surface area contributed by atoms with Crippen molar-refractivity contribution < 1.29 is 19.6 Å². The zero-order valence-corrected chi connectivity index (χ0v) is 25.2. The first kappa shape index (κ1) is 29.5. The molecule has 0 bridgehead atoms. The summed E-state index contributed by atoms with van der Waals surface area (Å²) in [4.78, 5) is 31.7. The van der Waals surface area contributed by atoms with E-state index < -0.39 is 5.97 Å². The lowest BCUT2D eigenvalue weighted by Crippen LogP contribution is -2.30. The third-order valence-electron chi connectivity index (χ3n) is 7.30. The van der Waals surface area contributed by atoms with Crippen molar-refractivity contribution in [2.24, 2.45) is 4.99 Å². The zero-order valence-electron chi connectivity index (χ0n) is 23.6. The second-order valence-corrected chi connectivity index (χ2v) is 11.6. The van der Waals surface area contributed by atoms with Gasteiger partial charge in [0.15, 0.2) is 0 Å². The normalized spacial score (nSPS) is 17.4. The van der Waals surface area contributed by atoms with Gasteiger partial charge in [0.2, 0.25) is 0 Å². The second kappa shape index (κ2) is 12.5. The van der Waals surface area contributed by atoms with Gasteiger partial charge in [-0.25, -0.2) is 9.79 Å². The predicted octanol–water partition coefficient (Wildman–Crippen LogP) is 7.84. The summed E-state index contributed by atoms with van der Waals surface area (Å²) in [5.41, 5.74) is 4.46. The average molecular weight is 607 g/mol. The molecule has 0 spiro atoms. The summed E-state index contributed by atoms with van der Waals surface area (Å²) < 4.78 is 7.16. The number of nitro groups is 1. The van der Waals surface area contributed by atoms with E-state index in [1.54, 1.807) is 43.3 Å². The molecule has 5 rings (SSSR count). The molecule has 0 amide bonds. The van der Waals surface area contributed by atoms with E-state index in [0.717, 1.165) is 49.3 Å². The third kappa shape index (κ3) is 5.96. The fourth-order valence-electron chi connectivity index (χ4n) is 5.30. The standard InChI is InChI=1S/C31H31ClN4O5S/c1-4-41-31(38)28-29(37)27(42-30(28)33-23-10-8-22(32)9-11-23)17-21-16-19(2)35(20(21)3)24-12-13-25(26(18-24)36(39)40)34-14-6-5-7-15-34/h8-13,16-18,37H,4-7,14-15H2,1-3H3/b27-17-,33-30?. The van der Waals surface area contributed by atoms with Crippen LogP contribution >= 0.6 is 23.4 Å². The van der Waals surface area contributed by atoms with Crippen LogP contribution in [-0.4, -0.2) is 45.3 Å². The molecule has 9 nitrogen and oxygen atoms in total. The topological polar surface area (TPSA) is 110 Å². The maximum Gasteiger partial charge on any atom is 0.344 e. The molecule has 2 aliphatic rings. The first-order chi connectivity index (χ1) is 20.2. The van der Waals surface area contributed by atoms with Crippen LogP contribution in [0.4, 0.5) is 17.1 Å². The monoisotopic (exact) mass is 606 g/mol. The average Bonchev–Trinajstić information content (AvgIpc) is 3.43. The van der Waals surface area contributed by atoms with Crippen molar-refractivity contribution in [1.82, 2.24) is 4.57 Å². The Morgan fingerprint density at radius 3 is 2.52 bits per heavy atom. The quantitative estimate of drug-likeness (QED) is 0.166. The van der Waals surface area contributed by atoms with Crippen LogP contribution in [-0.2, 0) is 9.53 Å². The van der Waals surface area contributed by atoms with Crippen molar-refractivity contribution in [3.63, 3.8) is 0 Å². The minimum absolute atomic E-state index is 0.000726. The van der Waals surface area contributed by atoms with Crippen molar-refractivity contribution in [3.05, 3.63) is 96.9 Å². The van der Waals surface area contributed by atoms with Gasteiger partial charge in [0.25, 0.3) is 5.69 Å². The molecule has 1 saturated heterocycles. The number of benzene rings is 2. The van der Waals surface area contributed by atoms with Crippen molar-refractivity contribution in [1.29, 1.82) is 0 Å². The third-order valence-corrected chi connectivity index (χ3v) is 8.57. The van der Waals surface area contributed by atoms with Gasteiger partial charge in [-0.15, -0.1) is 0 Å². The van der Waals surface area contributed by atoms with Gasteiger partial charge in [-0.3, -0.25) is 10.1 Å². The summed E-state index contributed by atoms with van der Waals surface area (Å²) in [7, 11) is 0. The number of nitrogens with zero attached hydrogens (tertiary/aromatic N) is 4. The number of hydrogen-bond acceptors (Lipinski definition) is 8. The number of esters is 1. The lowest BCUT2D eigenvalue weighted by molar-refractivity contribution is -0.384. The maximum absolute atomic E-state index is 12.8. The van der Waals surface area contributed by atoms with Crippen LogP contribution < -0.4 is 4.90 Å². The second-order valence-electron chi connectivity index (χ2n) is 10.1. The molecule has 0 aliphatic carbocycles. The van der Waals surface area contributed by atoms with Gasteiger partial charge in [-0.05, 0) is 94.1 Å². The summed E-state index contributed by atoms with van der Waals surface area (Å²) in [6.07, 6.45) is 4.98. The molecule has 2 aliphatic heterocycles. The molecule has 1 aromatic heterocycles. The largest absolute Gasteiger partial charge is 0.506 e. The number of aliphatic hydroxyl groups is 1. The van der Waals surface area contributed by atoms with Crippen LogP contribution in [0.5, 0.6) is 0 Å². The molecular formula is C31H31ClN4O5S. The molecule has 11 heteroatoms. The minimum atomic E-state index is -0.662. The van der Waals surface area contributed by atoms with Gasteiger partial charge in [0.1, 0.15) is 22.1 Å². The van der Waals surface area contributed by atoms with Gasteiger partial charge < -0.3 is 19.3 Å². The number of aliphatic hydroxyl groups excluding tert-OH is 1. The van der Waals surface area contributed by atoms with Gasteiger partial charge >= 0.3 is 5.97 Å². The minimum Gasteiger partial charge on any atom is -0.506 e. The first-order valence-electron chi connectivity index (χ1n) is 13.8. The SMILES string of the molecule is CCOC(=O)C1=C(O)/C(=C/c2cc(C)n(-c3ccc(N4CCCCC4)c([N+](=O)[O-])c3)c2C)SC1=Nc1ccc(Cl)cc1. The summed E-state index contributed by atoms with van der Waals surface area (Å²) >= 11 is 7.17. The lowest BCUT2D eigenvalue weighted by Gasteiger charge is -2.28. The number of anilines is 1. The Bertz CT molecular complexity index is 1640. The highest BCUT2D eigenvalue weighted by atomic mass is 35.5. The highest BCUT2D eigenvalue weighted by molar-refractivity contribution is 8.18. The molecule has 218 valence electrons. The predicted molar refractivity (Wildman–Crippen MR) is 168 cm³/mol. The molecule has 3 heterocycles. The van der Waals surface area contributed by atoms with E-state index in [4.69, 9.17) is 16.3 Å². The molecule has 1 fully saturated rings. The van der Waals surface area contributed by atoms with E-state index >= 15 is 0 Å². The number of nitro benzene ring substituents is 1. The highest BCUT2D eigenvalue weighted by Crippen LogP contribution is 2.41. The van der Waals surface area contributed by atoms with Crippen LogP contribution in [0.3, 0.4) is 0 Å². The number of thioether (sulfide) groups is 1. The van der Waals surface area contributed by atoms with E-state index in [-0.39, 0.29) is 28.5 Å². The van der Waals surface area contributed by atoms with Crippen LogP contribution in [0.1, 0.15) is 43.1 Å². The van der Waals surface area contributed by atoms with Crippen LogP contribution in [0, 0.1) is 24.0 Å². The van der Waals surface area contributed by atoms with Crippen molar-refractivity contribution in [2.75, 3.05) is 24.6 Å². The number of ether oxygens (including phenoxy) is 1. The number of aromatic nitrogens is 1. The Morgan fingerprint density at radius 1 is 1.14 bits per heavy atom. The van der Waals surface area contributed by atoms with Gasteiger partial charge in [-0.1, -0.05) is 23.4 Å². The molecule has 3 aromatic rings. The Hall–Kier alpha value is -4.02. The van der Waals surface area contributed by atoms with Crippen molar-refractivity contribution in [3.8, 4) is 5.69 Å². The van der Waals surface area contributed by atoms with Crippen LogP contribution in [0.2, 0.25) is 5.02 Å². The van der Waals surface area contributed by atoms with E-state index in [9.17, 15) is 20.0 Å². The first-order valence-corrected chi connectivity index (χ1v) is 14.9. The maximum atomic E-state index is 12.8. The Labute approximate surface area is 253 Å². The number of aliphatic imine (C=N–C) groups is 1. The fraction of sp³-hybridized carbons (Fsp3) is 0.290. The Balaban J connectivity index is 1.53. The lowest BCUT2D eigenvalue weighted by atomic mass is 10.1. The van der Waals surface area contributed by atoms with E-state index in [1.807, 2.05) is 36.6 Å². The van der Waals surface area contributed by atoms with Gasteiger partial charge in [0.05, 0.1) is 27.8 Å². The van der Waals surface area contributed by atoms with Crippen molar-refractivity contribution >= 4 is 57.5 Å². The highest BCUT2D eigenvalue weighted by Gasteiger charge is 2.33. The molecule has 0 atom stereocenters. The molecule has 42 heavy (non-hydrogen) atoms. The molecule has 0 unspecified atom stereocenters. The summed E-state index contributed by atoms with van der Waals surface area (Å²) in [5.74, 6) is -0.873. The van der Waals surface area contributed by atoms with Gasteiger partial charge in [0, 0.05) is 35.6 Å². The smallest absolute Gasteiger partial charge is 0.344 e. The molecular weight excluding hydrogens is 576 g/mol. The summed E-state index contributed by atoms with van der Waals surface area (Å²) in [5, 5.41) is 24.1. The summed E-state index contributed by atoms with van der Waals surface area (Å²) in [6, 6.07) is 14.2. The van der Waals surface area contributed by atoms with E-state index in [0.29, 0.717) is 32.0 Å². The van der Waals surface area contributed by atoms with E-state index in [2.05, 4.69) is 9.89 Å². The number of rotatable bonds is 7. The fourth-order valence-corrected chi connectivity index (χ4v) is 6.45.